The molecule has 0 rings (SSSR count). The van der Waals surface area contributed by atoms with Crippen molar-refractivity contribution in [1.29, 1.82) is 0 Å². The Bertz CT molecular complexity index is 1740. The summed E-state index contributed by atoms with van der Waals surface area (Å²) in [5.41, 5.74) is 0. The molecule has 1 atom stereocenters. The lowest BCUT2D eigenvalue weighted by molar-refractivity contribution is -0.610. The molecule has 0 radical (unpaired) electrons. The summed E-state index contributed by atoms with van der Waals surface area (Å²) in [7, 11) is -15.2. The van der Waals surface area contributed by atoms with E-state index in [0.29, 0.717) is 0 Å². The van der Waals surface area contributed by atoms with Gasteiger partial charge in [-0.2, -0.15) is 118 Å². The zero-order chi connectivity index (χ0) is 51.8. The van der Waals surface area contributed by atoms with Crippen LogP contribution < -0.4 is 0 Å². The topological polar surface area (TPSA) is 161 Å². The monoisotopic (exact) mass is 1070 g/mol. The third-order valence-electron chi connectivity index (χ3n) is 4.86. The van der Waals surface area contributed by atoms with Crippen molar-refractivity contribution in [3.63, 3.8) is 0 Å². The van der Waals surface area contributed by atoms with Gasteiger partial charge in [-0.3, -0.25) is 9.47 Å². The molecular weight excluding hydrogens is 1060 g/mol. The van der Waals surface area contributed by atoms with Crippen molar-refractivity contribution in [3.05, 3.63) is 0 Å². The van der Waals surface area contributed by atoms with Crippen LogP contribution >= 0.6 is 0 Å². The van der Waals surface area contributed by atoms with Crippen LogP contribution in [-0.4, -0.2) is 122 Å². The van der Waals surface area contributed by atoms with Gasteiger partial charge in [-0.1, -0.05) is 7.77 Å². The molecule has 0 bridgehead atoms. The zero-order valence-electron chi connectivity index (χ0n) is 27.6. The first-order chi connectivity index (χ1) is 26.9. The summed E-state index contributed by atoms with van der Waals surface area (Å²) >= 11 is 0. The first-order valence-electron chi connectivity index (χ1n) is 12.6. The summed E-state index contributed by atoms with van der Waals surface area (Å²) < 4.78 is 447. The molecule has 63 heavy (non-hydrogen) atoms. The number of ether oxygens (including phenoxy) is 9. The highest BCUT2D eigenvalue weighted by Gasteiger charge is 2.80. The summed E-state index contributed by atoms with van der Waals surface area (Å²) in [5, 5.41) is -13.8. The molecule has 0 aromatic rings. The molecule has 382 valence electrons. The lowest BCUT2D eigenvalue weighted by Crippen LogP contribution is -2.63. The van der Waals surface area contributed by atoms with Gasteiger partial charge in [-0.05, 0) is 4.53 Å². The van der Waals surface area contributed by atoms with Crippen molar-refractivity contribution in [2.45, 2.75) is 84.1 Å². The highest BCUT2D eigenvalue weighted by molar-refractivity contribution is 7.87. The molecule has 0 aliphatic heterocycles. The molecule has 0 N–H and O–H groups in total. The van der Waals surface area contributed by atoms with E-state index in [9.17, 15) is 148 Å². The second-order valence-corrected chi connectivity index (χ2v) is 12.2. The van der Waals surface area contributed by atoms with Gasteiger partial charge in [0.25, 0.3) is 0 Å². The fraction of sp³-hybridized carbons (Fsp3) is 1.00. The van der Waals surface area contributed by atoms with E-state index in [1.54, 1.807) is 0 Å². The SMILES string of the molecule is COCOC(F)(OC(F)(F)C(F)(F)S(=O)(=O)F)C(F)(F)OC(F)(F)C(F)(F)OC(F)(F)C(F)(F)OC(F)(F)OC(F)(F)C(F)(F)OC(F)(F)OC.O=S(=O)(F)C(F)(F)C(F)(F)OF. The van der Waals surface area contributed by atoms with Crippen molar-refractivity contribution in [1.82, 2.24) is 0 Å². The standard InChI is InChI=1S/C15H8F24O11S.C2F6O3S/c1-42-3-44-13(34,47-10(28,29)12(32,33)51(39,40)41)11(30,31)46-5(18,19)4(16,17)45-6(20,21)7(22,23)49-15(37,38)50-9(26,27)8(24,25)48-14(35,36)43-2;3-1(4,11-7)2(5,6)12(8,9)10/h3H2,1-2H3;. The van der Waals surface area contributed by atoms with Gasteiger partial charge in [0.15, 0.2) is 6.79 Å². The van der Waals surface area contributed by atoms with Gasteiger partial charge in [0.05, 0.1) is 0 Å². The average molecular weight is 1070 g/mol. The van der Waals surface area contributed by atoms with E-state index < -0.39 is 111 Å². The highest BCUT2D eigenvalue weighted by Crippen LogP contribution is 2.54. The van der Waals surface area contributed by atoms with Crippen LogP contribution in [0, 0.1) is 0 Å². The maximum Gasteiger partial charge on any atom is 0.495 e. The van der Waals surface area contributed by atoms with Crippen LogP contribution in [0.25, 0.3) is 0 Å². The van der Waals surface area contributed by atoms with Gasteiger partial charge in [0, 0.05) is 14.2 Å². The van der Waals surface area contributed by atoms with Gasteiger partial charge < -0.3 is 4.74 Å². The van der Waals surface area contributed by atoms with Crippen molar-refractivity contribution in [2.24, 2.45) is 0 Å². The Morgan fingerprint density at radius 2 is 0.635 bits per heavy atom. The summed E-state index contributed by atoms with van der Waals surface area (Å²) in [6.45, 7) is -2.50. The van der Waals surface area contributed by atoms with Gasteiger partial charge in [0.2, 0.25) is 0 Å². The van der Waals surface area contributed by atoms with Crippen LogP contribution in [0.1, 0.15) is 0 Å². The van der Waals surface area contributed by atoms with Crippen molar-refractivity contribution >= 4 is 20.4 Å². The number of hydrogen-bond donors (Lipinski definition) is 0. The normalized spacial score (nSPS) is 16.7. The molecule has 0 aromatic carbocycles. The molecule has 0 aliphatic rings. The molecule has 0 fully saturated rings. The third kappa shape index (κ3) is 14.4. The first kappa shape index (κ1) is 62.5. The number of methoxy groups -OCH3 is 2. The fourth-order valence-electron chi connectivity index (χ4n) is 2.11. The smallest absolute Gasteiger partial charge is 0.358 e. The Balaban J connectivity index is 0. The van der Waals surface area contributed by atoms with Gasteiger partial charge in [0.1, 0.15) is 0 Å². The molecule has 0 heterocycles. The summed E-state index contributed by atoms with van der Waals surface area (Å²) in [6.07, 6.45) is -81.7. The molecule has 0 aromatic heterocycles. The van der Waals surface area contributed by atoms with E-state index in [-0.39, 0.29) is 14.2 Å². The maximum atomic E-state index is 14.4. The van der Waals surface area contributed by atoms with Crippen LogP contribution in [0.2, 0.25) is 0 Å². The Morgan fingerprint density at radius 1 is 0.365 bits per heavy atom. The van der Waals surface area contributed by atoms with E-state index in [4.69, 9.17) is 0 Å². The molecular formula is C17H8F30O14S2. The predicted octanol–water partition coefficient (Wildman–Crippen LogP) is 8.08. The average Bonchev–Trinajstić information content (AvgIpc) is 2.99. The maximum absolute atomic E-state index is 14.4. The zero-order valence-corrected chi connectivity index (χ0v) is 29.2. The Kier molecular flexibility index (Phi) is 18.4. The third-order valence-corrected chi connectivity index (χ3v) is 6.56. The summed E-state index contributed by atoms with van der Waals surface area (Å²) in [5.74, 6) is 0. The molecule has 46 heteroatoms. The molecule has 0 spiro atoms. The van der Waals surface area contributed by atoms with Crippen molar-refractivity contribution < 1.29 is 195 Å². The summed E-state index contributed by atoms with van der Waals surface area (Å²) in [6, 6.07) is -7.13. The van der Waals surface area contributed by atoms with Crippen LogP contribution in [-0.2, 0) is 68.0 Å². The van der Waals surface area contributed by atoms with Crippen LogP contribution in [0.5, 0.6) is 0 Å². The van der Waals surface area contributed by atoms with Gasteiger partial charge in [-0.25, -0.2) is 28.4 Å². The van der Waals surface area contributed by atoms with Crippen LogP contribution in [0.4, 0.5) is 131 Å². The largest absolute Gasteiger partial charge is 0.495 e. The second kappa shape index (κ2) is 18.6. The van der Waals surface area contributed by atoms with E-state index >= 15 is 0 Å². The fourth-order valence-corrected chi connectivity index (χ4v) is 2.75. The predicted molar refractivity (Wildman–Crippen MR) is 117 cm³/mol. The molecule has 1 unspecified atom stereocenters. The minimum atomic E-state index is -8.13. The first-order valence-corrected chi connectivity index (χ1v) is 15.4. The minimum Gasteiger partial charge on any atom is -0.358 e. The van der Waals surface area contributed by atoms with E-state index in [2.05, 4.69) is 14.2 Å². The van der Waals surface area contributed by atoms with Crippen LogP contribution in [0.3, 0.4) is 0 Å². The van der Waals surface area contributed by atoms with E-state index in [0.717, 1.165) is 0 Å². The van der Waals surface area contributed by atoms with Crippen LogP contribution in [0.15, 0.2) is 0 Å². The van der Waals surface area contributed by atoms with E-state index in [1.807, 2.05) is 9.47 Å². The summed E-state index contributed by atoms with van der Waals surface area (Å²) in [4.78, 5) is 1.33. The number of rotatable bonds is 25. The molecule has 0 amide bonds. The molecule has 0 aliphatic carbocycles. The lowest BCUT2D eigenvalue weighted by atomic mass is 10.4. The quantitative estimate of drug-likeness (QED) is 0.0490. The minimum absolute atomic E-state index is 0.119. The van der Waals surface area contributed by atoms with Crippen molar-refractivity contribution in [2.75, 3.05) is 21.0 Å². The highest BCUT2D eigenvalue weighted by atomic mass is 32.3. The Labute approximate surface area is 321 Å². The Morgan fingerprint density at radius 3 is 0.889 bits per heavy atom. The van der Waals surface area contributed by atoms with Gasteiger partial charge >= 0.3 is 105 Å². The number of alkyl halides is 27. The number of halogens is 30. The molecule has 0 saturated carbocycles. The Hall–Kier alpha value is -2.60. The second-order valence-electron chi connectivity index (χ2n) is 9.47. The van der Waals surface area contributed by atoms with Gasteiger partial charge in [-0.15, -0.1) is 22.5 Å². The molecule has 0 saturated heterocycles. The lowest BCUT2D eigenvalue weighted by Gasteiger charge is -2.38. The van der Waals surface area contributed by atoms with E-state index in [1.165, 1.54) is 23.9 Å². The molecule has 14 nitrogen and oxygen atoms in total. The van der Waals surface area contributed by atoms with Crippen molar-refractivity contribution in [3.8, 4) is 0 Å². The number of hydrogen-bond acceptors (Lipinski definition) is 14.